The summed E-state index contributed by atoms with van der Waals surface area (Å²) >= 11 is 0. The van der Waals surface area contributed by atoms with Crippen LogP contribution in [0.15, 0.2) is 36.7 Å². The second kappa shape index (κ2) is 11.5. The van der Waals surface area contributed by atoms with E-state index in [-0.39, 0.29) is 31.0 Å². The fourth-order valence-electron chi connectivity index (χ4n) is 4.20. The minimum Gasteiger partial charge on any atom is -0.462 e. The number of nitrogens with one attached hydrogen (secondary N) is 2. The average Bonchev–Trinajstić information content (AvgIpc) is 3.40. The van der Waals surface area contributed by atoms with Gasteiger partial charge in [0, 0.05) is 6.04 Å². The van der Waals surface area contributed by atoms with Crippen LogP contribution in [-0.4, -0.2) is 56.4 Å². The van der Waals surface area contributed by atoms with Crippen molar-refractivity contribution in [1.82, 2.24) is 24.6 Å². The molecule has 39 heavy (non-hydrogen) atoms. The van der Waals surface area contributed by atoms with Crippen molar-refractivity contribution in [3.63, 3.8) is 0 Å². The third-order valence-corrected chi connectivity index (χ3v) is 7.85. The lowest BCUT2D eigenvalue weighted by Crippen LogP contribution is -2.36. The maximum Gasteiger partial charge on any atom is 0.459 e. The van der Waals surface area contributed by atoms with Gasteiger partial charge in [0.2, 0.25) is 5.95 Å². The molecule has 0 amide bonds. The van der Waals surface area contributed by atoms with E-state index in [1.807, 2.05) is 10.6 Å². The molecule has 1 saturated carbocycles. The van der Waals surface area contributed by atoms with Crippen molar-refractivity contribution >= 4 is 36.6 Å². The second-order valence-electron chi connectivity index (χ2n) is 10.00. The maximum absolute atomic E-state index is 13.7. The molecule has 5 rings (SSSR count). The van der Waals surface area contributed by atoms with Crippen molar-refractivity contribution < 1.29 is 27.9 Å². The van der Waals surface area contributed by atoms with E-state index in [1.54, 1.807) is 51.4 Å². The number of benzene rings is 1. The summed E-state index contributed by atoms with van der Waals surface area (Å²) in [6, 6.07) is 8.07. The molecule has 3 aromatic rings. The number of carbonyl (C=O) groups is 1. The molecular formula is C25H34N7O6P. The number of carbonyl (C=O) groups excluding carboxylic acids is 1. The van der Waals surface area contributed by atoms with Crippen molar-refractivity contribution in [2.24, 2.45) is 0 Å². The Kier molecular flexibility index (Phi) is 8.03. The van der Waals surface area contributed by atoms with Crippen LogP contribution in [-0.2, 0) is 23.4 Å². The van der Waals surface area contributed by atoms with Crippen LogP contribution in [0, 0.1) is 0 Å². The van der Waals surface area contributed by atoms with E-state index in [4.69, 9.17) is 24.3 Å². The Balaban J connectivity index is 1.26. The molecule has 2 aliphatic rings. The fourth-order valence-corrected chi connectivity index (χ4v) is 5.72. The fraction of sp³-hybridized carbons (Fsp3) is 0.520. The van der Waals surface area contributed by atoms with Crippen molar-refractivity contribution in [2.75, 3.05) is 17.7 Å². The normalized spacial score (nSPS) is 21.5. The highest BCUT2D eigenvalue weighted by molar-refractivity contribution is 7.52. The van der Waals surface area contributed by atoms with E-state index < -0.39 is 19.8 Å². The summed E-state index contributed by atoms with van der Waals surface area (Å²) in [5.41, 5.74) is 7.18. The Morgan fingerprint density at radius 3 is 2.67 bits per heavy atom. The topological polar surface area (TPSA) is 165 Å². The molecule has 2 fully saturated rings. The molecule has 0 bridgehead atoms. The maximum atomic E-state index is 13.7. The van der Waals surface area contributed by atoms with Crippen LogP contribution in [0.4, 0.5) is 11.8 Å². The number of nitrogens with two attached hydrogens (primary N) is 1. The van der Waals surface area contributed by atoms with Crippen molar-refractivity contribution in [3.8, 4) is 5.75 Å². The lowest BCUT2D eigenvalue weighted by atomic mass is 10.2. The summed E-state index contributed by atoms with van der Waals surface area (Å²) in [5, 5.41) is 6.05. The molecule has 3 heterocycles. The first kappa shape index (κ1) is 27.3. The van der Waals surface area contributed by atoms with Gasteiger partial charge in [0.1, 0.15) is 18.0 Å². The van der Waals surface area contributed by atoms with Gasteiger partial charge in [-0.2, -0.15) is 15.1 Å². The van der Waals surface area contributed by atoms with Crippen LogP contribution in [0.2, 0.25) is 0 Å². The van der Waals surface area contributed by atoms with Crippen LogP contribution >= 0.6 is 7.75 Å². The van der Waals surface area contributed by atoms with Gasteiger partial charge in [-0.1, -0.05) is 18.2 Å². The Bertz CT molecular complexity index is 1350. The zero-order chi connectivity index (χ0) is 27.6. The third-order valence-electron chi connectivity index (χ3n) is 6.21. The first-order valence-corrected chi connectivity index (χ1v) is 14.6. The highest BCUT2D eigenvalue weighted by atomic mass is 31.2. The van der Waals surface area contributed by atoms with Crippen LogP contribution in [0.3, 0.4) is 0 Å². The number of aromatic nitrogens is 4. The number of hydrogen-bond donors (Lipinski definition) is 3. The Hall–Kier alpha value is -3.25. The summed E-state index contributed by atoms with van der Waals surface area (Å²) in [7, 11) is -3.98. The minimum absolute atomic E-state index is 0.0300. The van der Waals surface area contributed by atoms with E-state index in [2.05, 4.69) is 25.4 Å². The van der Waals surface area contributed by atoms with Gasteiger partial charge in [-0.3, -0.25) is 13.9 Å². The second-order valence-corrected chi connectivity index (χ2v) is 11.7. The van der Waals surface area contributed by atoms with E-state index in [0.717, 1.165) is 12.8 Å². The molecule has 0 spiro atoms. The van der Waals surface area contributed by atoms with Gasteiger partial charge in [-0.15, -0.1) is 0 Å². The Labute approximate surface area is 226 Å². The van der Waals surface area contributed by atoms with Gasteiger partial charge in [0.25, 0.3) is 0 Å². The number of ether oxygens (including phenoxy) is 2. The number of fused-ring (bicyclic) bond motifs is 1. The van der Waals surface area contributed by atoms with E-state index in [0.29, 0.717) is 41.6 Å². The molecule has 2 aromatic heterocycles. The van der Waals surface area contributed by atoms with Crippen molar-refractivity contribution in [1.29, 1.82) is 0 Å². The zero-order valence-corrected chi connectivity index (χ0v) is 23.0. The monoisotopic (exact) mass is 559 g/mol. The number of nitrogens with zero attached hydrogens (tertiary/aromatic N) is 4. The van der Waals surface area contributed by atoms with E-state index in [1.165, 1.54) is 0 Å². The molecule has 4 N–H and O–H groups in total. The number of imidazole rings is 1. The predicted octanol–water partition coefficient (Wildman–Crippen LogP) is 3.79. The van der Waals surface area contributed by atoms with Gasteiger partial charge >= 0.3 is 13.7 Å². The smallest absolute Gasteiger partial charge is 0.459 e. The number of nitrogen functional groups attached to an aromatic ring is 1. The first-order valence-electron chi connectivity index (χ1n) is 13.1. The van der Waals surface area contributed by atoms with Crippen LogP contribution in [0.1, 0.15) is 52.7 Å². The quantitative estimate of drug-likeness (QED) is 0.217. The molecule has 1 aromatic carbocycles. The summed E-state index contributed by atoms with van der Waals surface area (Å²) < 4.78 is 38.5. The highest BCUT2D eigenvalue weighted by Gasteiger charge is 2.36. The Morgan fingerprint density at radius 1 is 1.18 bits per heavy atom. The van der Waals surface area contributed by atoms with Crippen molar-refractivity contribution in [3.05, 3.63) is 36.7 Å². The molecule has 14 heteroatoms. The number of rotatable bonds is 12. The predicted molar refractivity (Wildman–Crippen MR) is 144 cm³/mol. The van der Waals surface area contributed by atoms with Gasteiger partial charge in [-0.25, -0.2) is 9.55 Å². The van der Waals surface area contributed by atoms with Gasteiger partial charge in [0.05, 0.1) is 25.1 Å². The SMILES string of the molecule is CC(C)OC(=O)[C@@H](C)N[P@@](=O)(OC[C@@H]1CC[C@H](n2cnc3c(NC4CC4)nc(N)nc32)O1)Oc1ccccc1. The lowest BCUT2D eigenvalue weighted by Gasteiger charge is -2.24. The molecule has 1 aliphatic heterocycles. The van der Waals surface area contributed by atoms with Crippen LogP contribution < -0.4 is 20.7 Å². The van der Waals surface area contributed by atoms with Crippen molar-refractivity contribution in [2.45, 2.75) is 77.0 Å². The Morgan fingerprint density at radius 2 is 1.95 bits per heavy atom. The number of anilines is 2. The molecule has 1 saturated heterocycles. The summed E-state index contributed by atoms with van der Waals surface area (Å²) in [4.78, 5) is 25.6. The van der Waals surface area contributed by atoms with Gasteiger partial charge in [-0.05, 0) is 58.6 Å². The summed E-state index contributed by atoms with van der Waals surface area (Å²) in [6.45, 7) is 4.99. The van der Waals surface area contributed by atoms with Crippen LogP contribution in [0.25, 0.3) is 11.2 Å². The molecule has 4 atom stereocenters. The standard InChI is InChI=1S/C25H34N7O6P/c1-15(2)36-24(33)16(3)31-39(34,38-18-7-5-4-6-8-18)35-13-19-11-12-20(37-19)32-14-27-21-22(28-17-9-10-17)29-25(26)30-23(21)32/h4-8,14-17,19-20H,9-13H2,1-3H3,(H,31,34)(H3,26,28,29,30)/t16-,19+,20-,39-/m1/s1. The third kappa shape index (κ3) is 6.85. The number of hydrogen-bond acceptors (Lipinski definition) is 11. The lowest BCUT2D eigenvalue weighted by molar-refractivity contribution is -0.149. The summed E-state index contributed by atoms with van der Waals surface area (Å²) in [6.07, 6.45) is 4.06. The zero-order valence-electron chi connectivity index (χ0n) is 22.1. The molecule has 1 aliphatic carbocycles. The van der Waals surface area contributed by atoms with E-state index in [9.17, 15) is 9.36 Å². The average molecular weight is 560 g/mol. The highest BCUT2D eigenvalue weighted by Crippen LogP contribution is 2.46. The van der Waals surface area contributed by atoms with Gasteiger partial charge in [0.15, 0.2) is 17.0 Å². The molecular weight excluding hydrogens is 525 g/mol. The molecule has 13 nitrogen and oxygen atoms in total. The molecule has 0 radical (unpaired) electrons. The minimum atomic E-state index is -3.98. The summed E-state index contributed by atoms with van der Waals surface area (Å²) in [5.74, 6) is 0.541. The molecule has 0 unspecified atom stereocenters. The van der Waals surface area contributed by atoms with E-state index >= 15 is 0 Å². The number of esters is 1. The first-order chi connectivity index (χ1) is 18.7. The molecule has 210 valence electrons. The van der Waals surface area contributed by atoms with Crippen LogP contribution in [0.5, 0.6) is 5.75 Å². The largest absolute Gasteiger partial charge is 0.462 e. The number of para-hydroxylation sites is 1. The van der Waals surface area contributed by atoms with Gasteiger partial charge < -0.3 is 25.0 Å².